The van der Waals surface area contributed by atoms with Gasteiger partial charge in [0.1, 0.15) is 6.10 Å². The van der Waals surface area contributed by atoms with Crippen LogP contribution in [0, 0.1) is 0 Å². The standard InChI is InChI=1S/C12H15BrO3/c1-12(15-8-11(7-14)16-12)6-9-3-2-4-10(13)5-9/h2-5,11,14H,6-8H2,1H3. The molecule has 1 aliphatic rings. The van der Waals surface area contributed by atoms with Crippen molar-refractivity contribution in [2.75, 3.05) is 13.2 Å². The highest BCUT2D eigenvalue weighted by Crippen LogP contribution is 2.27. The molecule has 1 aromatic rings. The minimum Gasteiger partial charge on any atom is -0.394 e. The summed E-state index contributed by atoms with van der Waals surface area (Å²) < 4.78 is 12.3. The highest BCUT2D eigenvalue weighted by Gasteiger charge is 2.36. The third-order valence-electron chi connectivity index (χ3n) is 2.61. The summed E-state index contributed by atoms with van der Waals surface area (Å²) in [5.41, 5.74) is 1.15. The predicted molar refractivity (Wildman–Crippen MR) is 64.2 cm³/mol. The van der Waals surface area contributed by atoms with Gasteiger partial charge < -0.3 is 14.6 Å². The van der Waals surface area contributed by atoms with Gasteiger partial charge in [0.05, 0.1) is 13.2 Å². The molecular weight excluding hydrogens is 272 g/mol. The van der Waals surface area contributed by atoms with Crippen molar-refractivity contribution in [3.05, 3.63) is 34.3 Å². The lowest BCUT2D eigenvalue weighted by atomic mass is 10.1. The molecule has 1 aliphatic heterocycles. The minimum atomic E-state index is -0.617. The molecule has 2 rings (SSSR count). The predicted octanol–water partition coefficient (Wildman–Crippen LogP) is 2.12. The summed E-state index contributed by atoms with van der Waals surface area (Å²) in [4.78, 5) is 0. The molecule has 0 spiro atoms. The number of hydrogen-bond donors (Lipinski definition) is 1. The molecule has 1 fully saturated rings. The van der Waals surface area contributed by atoms with E-state index in [1.807, 2.05) is 31.2 Å². The number of aliphatic hydroxyl groups excluding tert-OH is 1. The molecule has 1 N–H and O–H groups in total. The van der Waals surface area contributed by atoms with Gasteiger partial charge in [-0.2, -0.15) is 0 Å². The highest BCUT2D eigenvalue weighted by molar-refractivity contribution is 9.10. The van der Waals surface area contributed by atoms with Crippen molar-refractivity contribution in [1.82, 2.24) is 0 Å². The molecule has 0 aliphatic carbocycles. The summed E-state index contributed by atoms with van der Waals surface area (Å²) in [6.07, 6.45) is 0.486. The van der Waals surface area contributed by atoms with Gasteiger partial charge in [-0.3, -0.25) is 0 Å². The van der Waals surface area contributed by atoms with Gasteiger partial charge >= 0.3 is 0 Å². The summed E-state index contributed by atoms with van der Waals surface area (Å²) in [6, 6.07) is 8.05. The Morgan fingerprint density at radius 3 is 3.00 bits per heavy atom. The number of rotatable bonds is 3. The van der Waals surface area contributed by atoms with Crippen LogP contribution in [-0.4, -0.2) is 30.2 Å². The number of ether oxygens (including phenoxy) is 2. The normalized spacial score (nSPS) is 29.6. The fraction of sp³-hybridized carbons (Fsp3) is 0.500. The van der Waals surface area contributed by atoms with E-state index in [0.29, 0.717) is 13.0 Å². The fourth-order valence-electron chi connectivity index (χ4n) is 1.89. The van der Waals surface area contributed by atoms with Gasteiger partial charge in [-0.05, 0) is 24.6 Å². The third-order valence-corrected chi connectivity index (χ3v) is 3.10. The first-order valence-electron chi connectivity index (χ1n) is 5.28. The summed E-state index contributed by atoms with van der Waals surface area (Å²) in [5, 5.41) is 9.00. The summed E-state index contributed by atoms with van der Waals surface area (Å²) >= 11 is 3.43. The average molecular weight is 287 g/mol. The molecule has 88 valence electrons. The molecule has 16 heavy (non-hydrogen) atoms. The molecule has 2 unspecified atom stereocenters. The van der Waals surface area contributed by atoms with Crippen molar-refractivity contribution in [1.29, 1.82) is 0 Å². The van der Waals surface area contributed by atoms with Crippen LogP contribution in [0.3, 0.4) is 0 Å². The third kappa shape index (κ3) is 2.83. The van der Waals surface area contributed by atoms with Gasteiger partial charge in [-0.25, -0.2) is 0 Å². The van der Waals surface area contributed by atoms with Gasteiger partial charge in [0.25, 0.3) is 0 Å². The molecule has 1 saturated heterocycles. The molecule has 0 aromatic heterocycles. The van der Waals surface area contributed by atoms with Crippen molar-refractivity contribution in [2.24, 2.45) is 0 Å². The van der Waals surface area contributed by atoms with Crippen molar-refractivity contribution in [3.63, 3.8) is 0 Å². The minimum absolute atomic E-state index is 0.00801. The van der Waals surface area contributed by atoms with Crippen LogP contribution in [0.1, 0.15) is 12.5 Å². The van der Waals surface area contributed by atoms with Crippen molar-refractivity contribution in [2.45, 2.75) is 25.2 Å². The Hall–Kier alpha value is -0.420. The largest absolute Gasteiger partial charge is 0.394 e. The van der Waals surface area contributed by atoms with Crippen LogP contribution < -0.4 is 0 Å². The summed E-state index contributed by atoms with van der Waals surface area (Å²) in [5.74, 6) is -0.617. The second-order valence-electron chi connectivity index (χ2n) is 4.17. The highest BCUT2D eigenvalue weighted by atomic mass is 79.9. The van der Waals surface area contributed by atoms with Crippen LogP contribution in [0.2, 0.25) is 0 Å². The van der Waals surface area contributed by atoms with Crippen LogP contribution in [0.4, 0.5) is 0 Å². The number of benzene rings is 1. The Balaban J connectivity index is 2.04. The SMILES string of the molecule is CC1(Cc2cccc(Br)c2)OCC(CO)O1. The van der Waals surface area contributed by atoms with Crippen molar-refractivity contribution in [3.8, 4) is 0 Å². The maximum absolute atomic E-state index is 9.00. The first-order chi connectivity index (χ1) is 7.61. The number of aliphatic hydroxyl groups is 1. The van der Waals surface area contributed by atoms with Crippen LogP contribution in [0.15, 0.2) is 28.7 Å². The lowest BCUT2D eigenvalue weighted by Crippen LogP contribution is -2.30. The monoisotopic (exact) mass is 286 g/mol. The Morgan fingerprint density at radius 1 is 1.56 bits per heavy atom. The van der Waals surface area contributed by atoms with Crippen LogP contribution in [0.5, 0.6) is 0 Å². The zero-order valence-corrected chi connectivity index (χ0v) is 10.7. The molecule has 4 heteroatoms. The van der Waals surface area contributed by atoms with E-state index in [2.05, 4.69) is 15.9 Å². The second kappa shape index (κ2) is 4.84. The maximum Gasteiger partial charge on any atom is 0.170 e. The summed E-state index contributed by atoms with van der Waals surface area (Å²) in [6.45, 7) is 2.37. The van der Waals surface area contributed by atoms with E-state index in [9.17, 15) is 0 Å². The van der Waals surface area contributed by atoms with Crippen molar-refractivity contribution < 1.29 is 14.6 Å². The molecule has 0 bridgehead atoms. The molecule has 1 aromatic carbocycles. The van der Waals surface area contributed by atoms with Crippen LogP contribution in [0.25, 0.3) is 0 Å². The number of halogens is 1. The van der Waals surface area contributed by atoms with E-state index in [4.69, 9.17) is 14.6 Å². The molecule has 1 heterocycles. The van der Waals surface area contributed by atoms with Crippen molar-refractivity contribution >= 4 is 15.9 Å². The Morgan fingerprint density at radius 2 is 2.38 bits per heavy atom. The average Bonchev–Trinajstić information content (AvgIpc) is 2.60. The molecule has 2 atom stereocenters. The van der Waals surface area contributed by atoms with Gasteiger partial charge in [0.2, 0.25) is 0 Å². The fourth-order valence-corrected chi connectivity index (χ4v) is 2.34. The van der Waals surface area contributed by atoms with E-state index in [0.717, 1.165) is 10.0 Å². The first kappa shape index (κ1) is 12.0. The quantitative estimate of drug-likeness (QED) is 0.925. The van der Waals surface area contributed by atoms with E-state index in [1.54, 1.807) is 0 Å². The zero-order chi connectivity index (χ0) is 11.6. The topological polar surface area (TPSA) is 38.7 Å². The molecular formula is C12H15BrO3. The Labute approximate surface area is 104 Å². The van der Waals surface area contributed by atoms with E-state index in [1.165, 1.54) is 0 Å². The zero-order valence-electron chi connectivity index (χ0n) is 9.15. The summed E-state index contributed by atoms with van der Waals surface area (Å²) in [7, 11) is 0. The van der Waals surface area contributed by atoms with Gasteiger partial charge in [-0.15, -0.1) is 0 Å². The molecule has 3 nitrogen and oxygen atoms in total. The molecule has 0 radical (unpaired) electrons. The number of hydrogen-bond acceptors (Lipinski definition) is 3. The lowest BCUT2D eigenvalue weighted by Gasteiger charge is -2.23. The lowest BCUT2D eigenvalue weighted by molar-refractivity contribution is -0.156. The molecule has 0 amide bonds. The van der Waals surface area contributed by atoms with E-state index >= 15 is 0 Å². The van der Waals surface area contributed by atoms with Crippen LogP contribution >= 0.6 is 15.9 Å². The molecule has 0 saturated carbocycles. The van der Waals surface area contributed by atoms with Gasteiger partial charge in [-0.1, -0.05) is 28.1 Å². The smallest absolute Gasteiger partial charge is 0.170 e. The van der Waals surface area contributed by atoms with Gasteiger partial charge in [0.15, 0.2) is 5.79 Å². The Kier molecular flexibility index (Phi) is 3.64. The van der Waals surface area contributed by atoms with Gasteiger partial charge in [0, 0.05) is 10.9 Å². The van der Waals surface area contributed by atoms with E-state index in [-0.39, 0.29) is 12.7 Å². The van der Waals surface area contributed by atoms with E-state index < -0.39 is 5.79 Å². The second-order valence-corrected chi connectivity index (χ2v) is 5.09. The first-order valence-corrected chi connectivity index (χ1v) is 6.08. The maximum atomic E-state index is 9.00. The Bertz CT molecular complexity index is 369. The van der Waals surface area contributed by atoms with Crippen LogP contribution in [-0.2, 0) is 15.9 Å².